The molecule has 172 valence electrons. The highest BCUT2D eigenvalue weighted by Gasteiger charge is 2.30. The number of carbonyl (C=O) groups excluding carboxylic acids is 1. The normalized spacial score (nSPS) is 18.8. The molecule has 0 aliphatic carbocycles. The Bertz CT molecular complexity index is 1090. The summed E-state index contributed by atoms with van der Waals surface area (Å²) in [6, 6.07) is 9.89. The van der Waals surface area contributed by atoms with Crippen LogP contribution < -0.4 is 5.32 Å². The van der Waals surface area contributed by atoms with Gasteiger partial charge in [-0.3, -0.25) is 14.8 Å². The number of benzene rings is 1. The Hall–Kier alpha value is -2.87. The van der Waals surface area contributed by atoms with E-state index in [1.165, 1.54) is 0 Å². The molecule has 1 unspecified atom stereocenters. The summed E-state index contributed by atoms with van der Waals surface area (Å²) in [7, 11) is 1.76. The van der Waals surface area contributed by atoms with Crippen LogP contribution in [0.15, 0.2) is 55.1 Å². The summed E-state index contributed by atoms with van der Waals surface area (Å²) >= 11 is 6.01. The van der Waals surface area contributed by atoms with Gasteiger partial charge in [0.15, 0.2) is 0 Å². The van der Waals surface area contributed by atoms with Crippen molar-refractivity contribution in [2.24, 2.45) is 0 Å². The number of aryl methyl sites for hydroxylation is 1. The second-order valence-electron chi connectivity index (χ2n) is 8.63. The van der Waals surface area contributed by atoms with Crippen molar-refractivity contribution in [3.05, 3.63) is 88.2 Å². The van der Waals surface area contributed by atoms with Gasteiger partial charge in [0.25, 0.3) is 5.91 Å². The van der Waals surface area contributed by atoms with Gasteiger partial charge in [-0.2, -0.15) is 0 Å². The average molecular weight is 466 g/mol. The van der Waals surface area contributed by atoms with E-state index < -0.39 is 6.10 Å². The van der Waals surface area contributed by atoms with Gasteiger partial charge in [-0.15, -0.1) is 0 Å². The Balaban J connectivity index is 1.31. The van der Waals surface area contributed by atoms with Gasteiger partial charge in [-0.25, -0.2) is 4.98 Å². The quantitative estimate of drug-likeness (QED) is 0.519. The molecule has 7 nitrogen and oxygen atoms in total. The van der Waals surface area contributed by atoms with E-state index in [2.05, 4.69) is 20.3 Å². The summed E-state index contributed by atoms with van der Waals surface area (Å²) in [4.78, 5) is 26.8. The summed E-state index contributed by atoms with van der Waals surface area (Å²) < 4.78 is 0. The number of aliphatic hydroxyl groups is 1. The second-order valence-corrected chi connectivity index (χ2v) is 8.99. The van der Waals surface area contributed by atoms with Gasteiger partial charge in [-0.05, 0) is 55.5 Å². The number of pyridine rings is 1. The van der Waals surface area contributed by atoms with Crippen molar-refractivity contribution in [2.75, 3.05) is 7.05 Å². The Morgan fingerprint density at radius 2 is 2.00 bits per heavy atom. The molecular formula is C25H28ClN5O2. The molecule has 3 heterocycles. The molecule has 3 aromatic rings. The number of nitrogens with zero attached hydrogens (tertiary/aromatic N) is 4. The fourth-order valence-corrected chi connectivity index (χ4v) is 4.35. The number of aliphatic hydroxyl groups excluding tert-OH is 1. The van der Waals surface area contributed by atoms with Gasteiger partial charge in [0.2, 0.25) is 0 Å². The summed E-state index contributed by atoms with van der Waals surface area (Å²) in [6.45, 7) is 2.30. The Morgan fingerprint density at radius 1 is 1.21 bits per heavy atom. The molecule has 0 spiro atoms. The number of halogens is 1. The van der Waals surface area contributed by atoms with Gasteiger partial charge in [0.05, 0.1) is 24.5 Å². The van der Waals surface area contributed by atoms with Crippen molar-refractivity contribution >= 4 is 17.5 Å². The number of amides is 1. The predicted molar refractivity (Wildman–Crippen MR) is 127 cm³/mol. The number of hydrogen-bond donors (Lipinski definition) is 2. The molecule has 1 aliphatic rings. The number of carbonyl (C=O) groups is 1. The maximum Gasteiger partial charge on any atom is 0.253 e. The second kappa shape index (κ2) is 10.4. The average Bonchev–Trinajstić information content (AvgIpc) is 3.29. The minimum Gasteiger partial charge on any atom is -0.387 e. The smallest absolute Gasteiger partial charge is 0.253 e. The highest BCUT2D eigenvalue weighted by atomic mass is 35.5. The van der Waals surface area contributed by atoms with E-state index in [1.54, 1.807) is 36.7 Å². The van der Waals surface area contributed by atoms with Crippen LogP contribution in [0.1, 0.15) is 51.7 Å². The fourth-order valence-electron chi connectivity index (χ4n) is 4.25. The van der Waals surface area contributed by atoms with Gasteiger partial charge >= 0.3 is 0 Å². The van der Waals surface area contributed by atoms with Crippen molar-refractivity contribution < 1.29 is 9.90 Å². The minimum atomic E-state index is -0.622. The molecule has 2 N–H and O–H groups in total. The van der Waals surface area contributed by atoms with E-state index in [0.29, 0.717) is 17.3 Å². The monoisotopic (exact) mass is 465 g/mol. The fraction of sp³-hybridized carbons (Fsp3) is 0.360. The molecule has 1 aliphatic heterocycles. The van der Waals surface area contributed by atoms with Crippen molar-refractivity contribution in [2.45, 2.75) is 50.9 Å². The zero-order valence-electron chi connectivity index (χ0n) is 18.8. The summed E-state index contributed by atoms with van der Waals surface area (Å²) in [5.41, 5.74) is 4.19. The first kappa shape index (κ1) is 23.3. The van der Waals surface area contributed by atoms with E-state index >= 15 is 0 Å². The molecule has 1 aromatic carbocycles. The molecule has 0 bridgehead atoms. The van der Waals surface area contributed by atoms with E-state index in [0.717, 1.165) is 41.6 Å². The highest BCUT2D eigenvalue weighted by Crippen LogP contribution is 2.28. The predicted octanol–water partition coefficient (Wildman–Crippen LogP) is 3.50. The van der Waals surface area contributed by atoms with Crippen molar-refractivity contribution in [1.82, 2.24) is 25.2 Å². The zero-order chi connectivity index (χ0) is 23.4. The third kappa shape index (κ3) is 5.74. The van der Waals surface area contributed by atoms with Crippen LogP contribution in [-0.4, -0.2) is 50.0 Å². The standard InChI is InChI=1S/C25H28ClN5O2/c1-16-11-19(13-29-24(16)26)23(32)22-8-7-20(30-22)12-17-3-5-18(6-4-17)25(33)31(2)15-21-14-27-9-10-28-21/h3-6,9-11,13-14,20,22-23,30,32H,7-8,12,15H2,1-2H3/t20-,22+,23?/m0/s1. The summed E-state index contributed by atoms with van der Waals surface area (Å²) in [5, 5.41) is 14.8. The van der Waals surface area contributed by atoms with Crippen LogP contribution in [0.3, 0.4) is 0 Å². The third-order valence-electron chi connectivity index (χ3n) is 6.08. The third-order valence-corrected chi connectivity index (χ3v) is 6.48. The summed E-state index contributed by atoms with van der Waals surface area (Å²) in [5.74, 6) is -0.0544. The van der Waals surface area contributed by atoms with Crippen molar-refractivity contribution in [3.63, 3.8) is 0 Å². The topological polar surface area (TPSA) is 91.2 Å². The lowest BCUT2D eigenvalue weighted by atomic mass is 10.0. The SMILES string of the molecule is Cc1cc(C(O)[C@H]2CC[C@@H](Cc3ccc(C(=O)N(C)Cc4cnccn4)cc3)N2)cnc1Cl. The molecule has 4 rings (SSSR count). The van der Waals surface area contributed by atoms with Gasteiger partial charge < -0.3 is 15.3 Å². The molecule has 33 heavy (non-hydrogen) atoms. The van der Waals surface area contributed by atoms with Crippen LogP contribution in [-0.2, 0) is 13.0 Å². The number of rotatable bonds is 7. The molecule has 3 atom stereocenters. The highest BCUT2D eigenvalue weighted by molar-refractivity contribution is 6.30. The van der Waals surface area contributed by atoms with E-state index in [1.807, 2.05) is 37.3 Å². The van der Waals surface area contributed by atoms with Crippen molar-refractivity contribution in [3.8, 4) is 0 Å². The molecule has 0 saturated carbocycles. The Kier molecular flexibility index (Phi) is 7.33. The van der Waals surface area contributed by atoms with E-state index in [9.17, 15) is 9.90 Å². The molecular weight excluding hydrogens is 438 g/mol. The van der Waals surface area contributed by atoms with Crippen LogP contribution in [0.25, 0.3) is 0 Å². The van der Waals surface area contributed by atoms with Crippen LogP contribution in [0.4, 0.5) is 0 Å². The summed E-state index contributed by atoms with van der Waals surface area (Å²) in [6.07, 6.45) is 8.62. The maximum atomic E-state index is 12.7. The lowest BCUT2D eigenvalue weighted by Crippen LogP contribution is -2.35. The lowest BCUT2D eigenvalue weighted by Gasteiger charge is -2.21. The molecule has 8 heteroatoms. The number of hydrogen-bond acceptors (Lipinski definition) is 6. The Labute approximate surface area is 198 Å². The first-order valence-electron chi connectivity index (χ1n) is 11.1. The van der Waals surface area contributed by atoms with Gasteiger partial charge in [0, 0.05) is 48.8 Å². The molecule has 0 radical (unpaired) electrons. The van der Waals surface area contributed by atoms with E-state index in [4.69, 9.17) is 11.6 Å². The van der Waals surface area contributed by atoms with Crippen LogP contribution in [0, 0.1) is 6.92 Å². The van der Waals surface area contributed by atoms with E-state index in [-0.39, 0.29) is 18.0 Å². The minimum absolute atomic E-state index is 0.0204. The number of aromatic nitrogens is 3. The van der Waals surface area contributed by atoms with Crippen LogP contribution in [0.5, 0.6) is 0 Å². The molecule has 1 saturated heterocycles. The maximum absolute atomic E-state index is 12.7. The largest absolute Gasteiger partial charge is 0.387 e. The van der Waals surface area contributed by atoms with Crippen LogP contribution >= 0.6 is 11.6 Å². The van der Waals surface area contributed by atoms with Crippen molar-refractivity contribution in [1.29, 1.82) is 0 Å². The molecule has 1 amide bonds. The first-order valence-corrected chi connectivity index (χ1v) is 11.4. The lowest BCUT2D eigenvalue weighted by molar-refractivity contribution is 0.0783. The van der Waals surface area contributed by atoms with Gasteiger partial charge in [-0.1, -0.05) is 23.7 Å². The first-order chi connectivity index (χ1) is 15.9. The Morgan fingerprint density at radius 3 is 2.70 bits per heavy atom. The number of nitrogens with one attached hydrogen (secondary N) is 1. The van der Waals surface area contributed by atoms with Gasteiger partial charge in [0.1, 0.15) is 5.15 Å². The molecule has 1 fully saturated rings. The zero-order valence-corrected chi connectivity index (χ0v) is 19.5. The molecule has 2 aromatic heterocycles. The van der Waals surface area contributed by atoms with Crippen LogP contribution in [0.2, 0.25) is 5.15 Å².